The fraction of sp³-hybridized carbons (Fsp3) is 0.273. The third-order valence-electron chi connectivity index (χ3n) is 5.24. The Morgan fingerprint density at radius 1 is 0.929 bits per heavy atom. The summed E-state index contributed by atoms with van der Waals surface area (Å²) in [7, 11) is 1.70. The molecular formula is C22H24N4O2. The third-order valence-corrected chi connectivity index (χ3v) is 5.24. The molecule has 1 aliphatic heterocycles. The van der Waals surface area contributed by atoms with Gasteiger partial charge in [-0.05, 0) is 11.6 Å². The number of pyridine rings is 1. The van der Waals surface area contributed by atoms with Crippen LogP contribution in [0.4, 0.5) is 10.5 Å². The van der Waals surface area contributed by atoms with E-state index in [1.807, 2.05) is 29.2 Å². The van der Waals surface area contributed by atoms with Crippen molar-refractivity contribution >= 4 is 22.5 Å². The number of amides is 2. The van der Waals surface area contributed by atoms with Gasteiger partial charge in [-0.2, -0.15) is 0 Å². The van der Waals surface area contributed by atoms with Crippen molar-refractivity contribution in [3.05, 3.63) is 76.7 Å². The molecule has 2 heterocycles. The van der Waals surface area contributed by atoms with E-state index in [0.29, 0.717) is 24.2 Å². The lowest BCUT2D eigenvalue weighted by molar-refractivity contribution is 0.143. The van der Waals surface area contributed by atoms with Gasteiger partial charge in [0.1, 0.15) is 0 Å². The Balaban J connectivity index is 1.42. The number of urea groups is 1. The molecule has 2 aromatic carbocycles. The summed E-state index contributed by atoms with van der Waals surface area (Å²) in [4.78, 5) is 29.3. The average Bonchev–Trinajstić information content (AvgIpc) is 2.73. The molecule has 1 aromatic heterocycles. The van der Waals surface area contributed by atoms with E-state index in [1.165, 1.54) is 10.1 Å². The van der Waals surface area contributed by atoms with Gasteiger partial charge in [-0.15, -0.1) is 0 Å². The smallest absolute Gasteiger partial charge is 0.321 e. The van der Waals surface area contributed by atoms with Crippen molar-refractivity contribution in [2.24, 2.45) is 7.05 Å². The van der Waals surface area contributed by atoms with Crippen LogP contribution in [-0.4, -0.2) is 46.6 Å². The standard InChI is InChI=1S/C22H24N4O2/c1-24-16-20(18-9-5-6-10-19(18)21(24)27)23-22(28)26-13-11-25(12-14-26)15-17-7-3-2-4-8-17/h2-10,16H,11-15H2,1H3,(H,23,28). The minimum Gasteiger partial charge on any atom is -0.322 e. The molecule has 0 bridgehead atoms. The second kappa shape index (κ2) is 7.86. The molecule has 0 unspecified atom stereocenters. The Morgan fingerprint density at radius 3 is 2.29 bits per heavy atom. The fourth-order valence-corrected chi connectivity index (χ4v) is 3.66. The largest absolute Gasteiger partial charge is 0.322 e. The van der Waals surface area contributed by atoms with Crippen LogP contribution < -0.4 is 10.9 Å². The highest BCUT2D eigenvalue weighted by atomic mass is 16.2. The summed E-state index contributed by atoms with van der Waals surface area (Å²) in [5.41, 5.74) is 1.88. The highest BCUT2D eigenvalue weighted by Crippen LogP contribution is 2.20. The quantitative estimate of drug-likeness (QED) is 0.765. The molecule has 0 atom stereocenters. The molecule has 0 aliphatic carbocycles. The highest BCUT2D eigenvalue weighted by molar-refractivity contribution is 6.00. The van der Waals surface area contributed by atoms with Crippen LogP contribution in [0.15, 0.2) is 65.6 Å². The molecule has 4 rings (SSSR count). The van der Waals surface area contributed by atoms with Crippen LogP contribution in [0.1, 0.15) is 5.56 Å². The summed E-state index contributed by atoms with van der Waals surface area (Å²) in [6.45, 7) is 3.96. The van der Waals surface area contributed by atoms with Crippen LogP contribution in [0.5, 0.6) is 0 Å². The van der Waals surface area contributed by atoms with Crippen LogP contribution in [0, 0.1) is 0 Å². The van der Waals surface area contributed by atoms with E-state index in [9.17, 15) is 9.59 Å². The Hall–Kier alpha value is -3.12. The Bertz CT molecular complexity index is 1040. The van der Waals surface area contributed by atoms with Crippen molar-refractivity contribution < 1.29 is 4.79 Å². The number of hydrogen-bond acceptors (Lipinski definition) is 3. The van der Waals surface area contributed by atoms with Gasteiger partial charge in [0.2, 0.25) is 0 Å². The molecule has 0 saturated carbocycles. The van der Waals surface area contributed by atoms with Crippen LogP contribution >= 0.6 is 0 Å². The van der Waals surface area contributed by atoms with E-state index in [0.717, 1.165) is 25.0 Å². The molecule has 144 valence electrons. The van der Waals surface area contributed by atoms with E-state index in [-0.39, 0.29) is 11.6 Å². The zero-order chi connectivity index (χ0) is 19.5. The Morgan fingerprint density at radius 2 is 1.57 bits per heavy atom. The lowest BCUT2D eigenvalue weighted by atomic mass is 10.1. The van der Waals surface area contributed by atoms with Crippen molar-refractivity contribution in [3.8, 4) is 0 Å². The molecule has 0 spiro atoms. The van der Waals surface area contributed by atoms with Gasteiger partial charge in [0.15, 0.2) is 0 Å². The Kier molecular flexibility index (Phi) is 5.12. The topological polar surface area (TPSA) is 57.6 Å². The van der Waals surface area contributed by atoms with Gasteiger partial charge in [-0.1, -0.05) is 48.5 Å². The molecule has 2 amide bonds. The van der Waals surface area contributed by atoms with Crippen LogP contribution in [0.3, 0.4) is 0 Å². The van der Waals surface area contributed by atoms with Gasteiger partial charge < -0.3 is 14.8 Å². The van der Waals surface area contributed by atoms with Crippen LogP contribution in [-0.2, 0) is 13.6 Å². The summed E-state index contributed by atoms with van der Waals surface area (Å²) in [5, 5.41) is 4.37. The molecule has 0 radical (unpaired) electrons. The predicted molar refractivity (Wildman–Crippen MR) is 111 cm³/mol. The summed E-state index contributed by atoms with van der Waals surface area (Å²) in [6, 6.07) is 17.6. The number of nitrogens with zero attached hydrogens (tertiary/aromatic N) is 3. The van der Waals surface area contributed by atoms with Crippen LogP contribution in [0.25, 0.3) is 10.8 Å². The van der Waals surface area contributed by atoms with Crippen molar-refractivity contribution in [1.82, 2.24) is 14.4 Å². The lowest BCUT2D eigenvalue weighted by Gasteiger charge is -2.34. The van der Waals surface area contributed by atoms with Gasteiger partial charge in [0.05, 0.1) is 5.69 Å². The van der Waals surface area contributed by atoms with Gasteiger partial charge >= 0.3 is 6.03 Å². The molecule has 6 nitrogen and oxygen atoms in total. The van der Waals surface area contributed by atoms with Gasteiger partial charge in [0.25, 0.3) is 5.56 Å². The van der Waals surface area contributed by atoms with Crippen LogP contribution in [0.2, 0.25) is 0 Å². The lowest BCUT2D eigenvalue weighted by Crippen LogP contribution is -2.49. The van der Waals surface area contributed by atoms with Gasteiger partial charge in [-0.25, -0.2) is 4.79 Å². The number of aryl methyl sites for hydroxylation is 1. The number of rotatable bonds is 3. The van der Waals surface area contributed by atoms with E-state index in [1.54, 1.807) is 19.3 Å². The van der Waals surface area contributed by atoms with E-state index in [2.05, 4.69) is 34.5 Å². The second-order valence-electron chi connectivity index (χ2n) is 7.18. The molecule has 1 aliphatic rings. The summed E-state index contributed by atoms with van der Waals surface area (Å²) in [6.07, 6.45) is 1.69. The number of carbonyl (C=O) groups excluding carboxylic acids is 1. The summed E-state index contributed by atoms with van der Waals surface area (Å²) >= 11 is 0. The molecular weight excluding hydrogens is 352 g/mol. The molecule has 6 heteroatoms. The first-order chi connectivity index (χ1) is 13.6. The number of carbonyl (C=O) groups is 1. The SMILES string of the molecule is Cn1cc(NC(=O)N2CCN(Cc3ccccc3)CC2)c2ccccc2c1=O. The number of anilines is 1. The number of piperazine rings is 1. The predicted octanol–water partition coefficient (Wildman–Crippen LogP) is 2.89. The van der Waals surface area contributed by atoms with E-state index in [4.69, 9.17) is 0 Å². The molecule has 1 saturated heterocycles. The second-order valence-corrected chi connectivity index (χ2v) is 7.18. The normalized spacial score (nSPS) is 15.0. The summed E-state index contributed by atoms with van der Waals surface area (Å²) in [5.74, 6) is 0. The van der Waals surface area contributed by atoms with Gasteiger partial charge in [0, 0.05) is 56.7 Å². The number of nitrogens with one attached hydrogen (secondary N) is 1. The third kappa shape index (κ3) is 3.77. The first-order valence-electron chi connectivity index (χ1n) is 9.52. The maximum atomic E-state index is 12.8. The monoisotopic (exact) mass is 376 g/mol. The molecule has 3 aromatic rings. The van der Waals surface area contributed by atoms with Crippen molar-refractivity contribution in [3.63, 3.8) is 0 Å². The first kappa shape index (κ1) is 18.3. The number of benzene rings is 2. The molecule has 1 N–H and O–H groups in total. The van der Waals surface area contributed by atoms with E-state index >= 15 is 0 Å². The first-order valence-corrected chi connectivity index (χ1v) is 9.52. The minimum atomic E-state index is -0.122. The molecule has 1 fully saturated rings. The zero-order valence-corrected chi connectivity index (χ0v) is 16.0. The fourth-order valence-electron chi connectivity index (χ4n) is 3.66. The Labute approximate surface area is 164 Å². The number of fused-ring (bicyclic) bond motifs is 1. The maximum absolute atomic E-state index is 12.8. The highest BCUT2D eigenvalue weighted by Gasteiger charge is 2.22. The van der Waals surface area contributed by atoms with Gasteiger partial charge in [-0.3, -0.25) is 9.69 Å². The van der Waals surface area contributed by atoms with Crippen molar-refractivity contribution in [2.75, 3.05) is 31.5 Å². The van der Waals surface area contributed by atoms with Crippen molar-refractivity contribution in [2.45, 2.75) is 6.54 Å². The zero-order valence-electron chi connectivity index (χ0n) is 16.0. The van der Waals surface area contributed by atoms with E-state index < -0.39 is 0 Å². The number of aromatic nitrogens is 1. The maximum Gasteiger partial charge on any atom is 0.321 e. The van der Waals surface area contributed by atoms with Crippen molar-refractivity contribution in [1.29, 1.82) is 0 Å². The minimum absolute atomic E-state index is 0.0666. The summed E-state index contributed by atoms with van der Waals surface area (Å²) < 4.78 is 1.51. The molecule has 28 heavy (non-hydrogen) atoms. The average molecular weight is 376 g/mol. The number of hydrogen-bond donors (Lipinski definition) is 1.